The largest absolute Gasteiger partial charge is 0.373 e. The van der Waals surface area contributed by atoms with E-state index in [0.29, 0.717) is 6.42 Å². The second-order valence-corrected chi connectivity index (χ2v) is 7.26. The van der Waals surface area contributed by atoms with E-state index in [0.717, 1.165) is 11.9 Å². The number of methoxy groups -OCH3 is 1. The van der Waals surface area contributed by atoms with E-state index in [1.807, 2.05) is 13.0 Å². The Kier molecular flexibility index (Phi) is 7.70. The quantitative estimate of drug-likeness (QED) is 0.349. The minimum Gasteiger partial charge on any atom is -0.373 e. The number of ether oxygens (including phenoxy) is 1. The van der Waals surface area contributed by atoms with Crippen molar-refractivity contribution in [3.05, 3.63) is 46.6 Å². The predicted octanol–water partition coefficient (Wildman–Crippen LogP) is 5.57. The van der Waals surface area contributed by atoms with Crippen molar-refractivity contribution < 1.29 is 9.53 Å². The van der Waals surface area contributed by atoms with Gasteiger partial charge < -0.3 is 9.53 Å². The summed E-state index contributed by atoms with van der Waals surface area (Å²) >= 11 is 0. The van der Waals surface area contributed by atoms with Crippen molar-refractivity contribution in [2.24, 2.45) is 5.41 Å². The van der Waals surface area contributed by atoms with Gasteiger partial charge >= 0.3 is 0 Å². The van der Waals surface area contributed by atoms with Gasteiger partial charge in [-0.2, -0.15) is 0 Å². The molecule has 0 spiro atoms. The maximum absolute atomic E-state index is 10.6. The molecule has 0 aromatic carbocycles. The van der Waals surface area contributed by atoms with Gasteiger partial charge in [-0.25, -0.2) is 0 Å². The van der Waals surface area contributed by atoms with Crippen molar-refractivity contribution in [2.75, 3.05) is 7.11 Å². The zero-order valence-corrected chi connectivity index (χ0v) is 15.6. The Labute approximate surface area is 142 Å². The number of hydrogen-bond donors (Lipinski definition) is 0. The Morgan fingerprint density at radius 1 is 1.30 bits per heavy atom. The molecular formula is C21H32O2. The molecule has 0 aliphatic heterocycles. The van der Waals surface area contributed by atoms with Crippen molar-refractivity contribution >= 4 is 6.29 Å². The number of carbonyl (C=O) groups is 1. The SMILES string of the molecule is COC(C=C(C)C=CC1=C(C)CCCC1(C)C)C=C(C)CC=O. The maximum Gasteiger partial charge on any atom is 0.124 e. The molecular weight excluding hydrogens is 284 g/mol. The average Bonchev–Trinajstić information content (AvgIpc) is 2.45. The predicted molar refractivity (Wildman–Crippen MR) is 98.5 cm³/mol. The minimum absolute atomic E-state index is 0.0888. The van der Waals surface area contributed by atoms with Gasteiger partial charge in [0.25, 0.3) is 0 Å². The van der Waals surface area contributed by atoms with Crippen LogP contribution in [0.3, 0.4) is 0 Å². The third kappa shape index (κ3) is 6.31. The van der Waals surface area contributed by atoms with E-state index in [4.69, 9.17) is 4.74 Å². The summed E-state index contributed by atoms with van der Waals surface area (Å²) in [6.07, 6.45) is 13.6. The molecule has 0 amide bonds. The third-order valence-electron chi connectivity index (χ3n) is 4.61. The highest BCUT2D eigenvalue weighted by molar-refractivity contribution is 5.54. The first kappa shape index (κ1) is 19.6. The van der Waals surface area contributed by atoms with Crippen LogP contribution in [0.2, 0.25) is 0 Å². The summed E-state index contributed by atoms with van der Waals surface area (Å²) < 4.78 is 5.48. The normalized spacial score (nSPS) is 21.0. The van der Waals surface area contributed by atoms with Crippen LogP contribution in [0.25, 0.3) is 0 Å². The average molecular weight is 316 g/mol. The van der Waals surface area contributed by atoms with Crippen molar-refractivity contribution in [3.63, 3.8) is 0 Å². The monoisotopic (exact) mass is 316 g/mol. The van der Waals surface area contributed by atoms with Crippen molar-refractivity contribution in [2.45, 2.75) is 66.4 Å². The van der Waals surface area contributed by atoms with Gasteiger partial charge in [-0.15, -0.1) is 0 Å². The second kappa shape index (κ2) is 9.02. The van der Waals surface area contributed by atoms with Crippen LogP contribution in [-0.4, -0.2) is 19.5 Å². The van der Waals surface area contributed by atoms with Crippen LogP contribution in [-0.2, 0) is 9.53 Å². The van der Waals surface area contributed by atoms with Crippen LogP contribution in [0, 0.1) is 5.41 Å². The molecule has 0 fully saturated rings. The van der Waals surface area contributed by atoms with E-state index < -0.39 is 0 Å². The van der Waals surface area contributed by atoms with Crippen LogP contribution in [0.4, 0.5) is 0 Å². The van der Waals surface area contributed by atoms with Crippen molar-refractivity contribution in [1.82, 2.24) is 0 Å². The smallest absolute Gasteiger partial charge is 0.124 e. The molecule has 1 aliphatic rings. The highest BCUT2D eigenvalue weighted by Crippen LogP contribution is 2.40. The van der Waals surface area contributed by atoms with Crippen molar-refractivity contribution in [3.8, 4) is 0 Å². The van der Waals surface area contributed by atoms with E-state index in [2.05, 4.69) is 45.9 Å². The Bertz CT molecular complexity index is 530. The molecule has 0 saturated heterocycles. The van der Waals surface area contributed by atoms with Gasteiger partial charge in [0, 0.05) is 13.5 Å². The highest BCUT2D eigenvalue weighted by atomic mass is 16.5. The summed E-state index contributed by atoms with van der Waals surface area (Å²) in [4.78, 5) is 10.6. The first-order valence-electron chi connectivity index (χ1n) is 8.50. The molecule has 1 unspecified atom stereocenters. The van der Waals surface area contributed by atoms with Crippen LogP contribution in [0.15, 0.2) is 46.6 Å². The van der Waals surface area contributed by atoms with Gasteiger partial charge in [-0.3, -0.25) is 0 Å². The van der Waals surface area contributed by atoms with Gasteiger partial charge in [0.1, 0.15) is 6.29 Å². The Balaban J connectivity index is 2.89. The Morgan fingerprint density at radius 2 is 2.00 bits per heavy atom. The van der Waals surface area contributed by atoms with Crippen LogP contribution in [0.5, 0.6) is 0 Å². The topological polar surface area (TPSA) is 26.3 Å². The van der Waals surface area contributed by atoms with Gasteiger partial charge in [-0.1, -0.05) is 48.8 Å². The zero-order chi connectivity index (χ0) is 17.5. The van der Waals surface area contributed by atoms with E-state index in [9.17, 15) is 4.79 Å². The summed E-state index contributed by atoms with van der Waals surface area (Å²) in [7, 11) is 1.69. The first-order chi connectivity index (χ1) is 10.8. The Hall–Kier alpha value is -1.41. The maximum atomic E-state index is 10.6. The fraction of sp³-hybridized carbons (Fsp3) is 0.571. The minimum atomic E-state index is -0.0888. The lowest BCUT2D eigenvalue weighted by molar-refractivity contribution is -0.107. The molecule has 2 heteroatoms. The fourth-order valence-corrected chi connectivity index (χ4v) is 3.20. The number of carbonyl (C=O) groups excluding carboxylic acids is 1. The molecule has 1 atom stereocenters. The molecule has 0 aromatic heterocycles. The summed E-state index contributed by atoms with van der Waals surface area (Å²) in [6, 6.07) is 0. The van der Waals surface area contributed by atoms with Crippen molar-refractivity contribution in [1.29, 1.82) is 0 Å². The number of aldehydes is 1. The molecule has 1 rings (SSSR count). The molecule has 0 radical (unpaired) electrons. The lowest BCUT2D eigenvalue weighted by Crippen LogP contribution is -2.19. The number of rotatable bonds is 7. The standard InChI is InChI=1S/C21H32O2/c1-16(14-19(23-6)15-17(2)11-13-22)9-10-20-18(3)8-7-12-21(20,4)5/h9-10,13-15,19H,7-8,11-12H2,1-6H3. The third-order valence-corrected chi connectivity index (χ3v) is 4.61. The second-order valence-electron chi connectivity index (χ2n) is 7.26. The molecule has 128 valence electrons. The molecule has 0 saturated carbocycles. The lowest BCUT2D eigenvalue weighted by atomic mass is 9.72. The van der Waals surface area contributed by atoms with E-state index in [1.54, 1.807) is 7.11 Å². The Morgan fingerprint density at radius 3 is 2.57 bits per heavy atom. The summed E-state index contributed by atoms with van der Waals surface area (Å²) in [6.45, 7) is 11.0. The molecule has 0 aromatic rings. The molecule has 1 aliphatic carbocycles. The molecule has 0 heterocycles. The van der Waals surface area contributed by atoms with E-state index in [-0.39, 0.29) is 11.5 Å². The molecule has 0 N–H and O–H groups in total. The van der Waals surface area contributed by atoms with Gasteiger partial charge in [0.15, 0.2) is 0 Å². The zero-order valence-electron chi connectivity index (χ0n) is 15.6. The molecule has 23 heavy (non-hydrogen) atoms. The summed E-state index contributed by atoms with van der Waals surface area (Å²) in [5.74, 6) is 0. The fourth-order valence-electron chi connectivity index (χ4n) is 3.20. The van der Waals surface area contributed by atoms with Gasteiger partial charge in [0.05, 0.1) is 6.10 Å². The first-order valence-corrected chi connectivity index (χ1v) is 8.50. The van der Waals surface area contributed by atoms with E-state index in [1.165, 1.54) is 36.0 Å². The number of allylic oxidation sites excluding steroid dienone is 6. The highest BCUT2D eigenvalue weighted by Gasteiger charge is 2.26. The van der Waals surface area contributed by atoms with Crippen LogP contribution < -0.4 is 0 Å². The van der Waals surface area contributed by atoms with Gasteiger partial charge in [0.2, 0.25) is 0 Å². The van der Waals surface area contributed by atoms with Crippen LogP contribution >= 0.6 is 0 Å². The summed E-state index contributed by atoms with van der Waals surface area (Å²) in [5.41, 5.74) is 5.45. The molecule has 0 bridgehead atoms. The number of hydrogen-bond acceptors (Lipinski definition) is 2. The van der Waals surface area contributed by atoms with E-state index >= 15 is 0 Å². The molecule has 2 nitrogen and oxygen atoms in total. The summed E-state index contributed by atoms with van der Waals surface area (Å²) in [5, 5.41) is 0. The lowest BCUT2D eigenvalue weighted by Gasteiger charge is -2.33. The van der Waals surface area contributed by atoms with Gasteiger partial charge in [-0.05, 0) is 57.1 Å². The van der Waals surface area contributed by atoms with Crippen LogP contribution in [0.1, 0.15) is 60.3 Å².